The van der Waals surface area contributed by atoms with Crippen molar-refractivity contribution in [1.82, 2.24) is 0 Å². The first kappa shape index (κ1) is 30.0. The van der Waals surface area contributed by atoms with Crippen molar-refractivity contribution in [2.75, 3.05) is 23.8 Å². The molecule has 0 saturated carbocycles. The molecule has 0 bridgehead atoms. The molecule has 0 spiro atoms. The van der Waals surface area contributed by atoms with E-state index in [-0.39, 0.29) is 19.7 Å². The standard InChI is InChI=1S/C29H27ClN2O8S2/c1-2-20(16-28-31(12-14-38-41(33)34)25-19-23(30)9-11-27(25)40-28)17-29-32(13-15-42(35,36)37)24-18-22(8-10-26(24)39-29)21-6-4-3-5-7-21/h3-11,16-19H,2,12-15H2,1H3,(H-,33,34,35,36,37). The molecule has 5 rings (SSSR count). The minimum Gasteiger partial charge on any atom is -0.748 e. The van der Waals surface area contributed by atoms with Crippen LogP contribution in [-0.4, -0.2) is 40.6 Å². The molecule has 0 fully saturated rings. The van der Waals surface area contributed by atoms with Crippen LogP contribution in [0.1, 0.15) is 19.2 Å². The predicted molar refractivity (Wildman–Crippen MR) is 159 cm³/mol. The minimum atomic E-state index is -4.49. The third kappa shape index (κ3) is 7.09. The van der Waals surface area contributed by atoms with Crippen molar-refractivity contribution in [1.29, 1.82) is 0 Å². The predicted octanol–water partition coefficient (Wildman–Crippen LogP) is 5.27. The van der Waals surface area contributed by atoms with E-state index in [0.29, 0.717) is 45.8 Å². The number of hydrogen-bond donors (Lipinski definition) is 1. The van der Waals surface area contributed by atoms with Crippen LogP contribution in [0.4, 0.5) is 5.69 Å². The Hall–Kier alpha value is -3.52. The number of halogens is 1. The molecule has 1 aliphatic heterocycles. The zero-order chi connectivity index (χ0) is 29.9. The number of rotatable bonds is 11. The van der Waals surface area contributed by atoms with Crippen molar-refractivity contribution < 1.29 is 39.6 Å². The normalized spacial score (nSPS) is 15.3. The molecule has 2 heterocycles. The number of benzene rings is 3. The van der Waals surface area contributed by atoms with Gasteiger partial charge in [0.05, 0.1) is 30.7 Å². The second-order valence-electron chi connectivity index (χ2n) is 9.36. The van der Waals surface area contributed by atoms with Crippen molar-refractivity contribution in [2.45, 2.75) is 19.9 Å². The fraction of sp³-hybridized carbons (Fsp3) is 0.207. The van der Waals surface area contributed by atoms with E-state index >= 15 is 0 Å². The fourth-order valence-corrected chi connectivity index (χ4v) is 5.42. The number of fused-ring (bicyclic) bond motifs is 2. The van der Waals surface area contributed by atoms with Gasteiger partial charge < -0.3 is 18.6 Å². The SMILES string of the molecule is CCC(=Cc1oc2ccc(-c3ccccc3)cc2[n+]1CCS(=O)(=O)[O-])C=C1Oc2ccc(Cl)cc2N1CCOS(=O)O. The maximum absolute atomic E-state index is 11.6. The van der Waals surface area contributed by atoms with Crippen molar-refractivity contribution in [2.24, 2.45) is 0 Å². The molecular formula is C29H27ClN2O8S2. The molecule has 220 valence electrons. The minimum absolute atomic E-state index is 0.0576. The Balaban J connectivity index is 1.56. The highest BCUT2D eigenvalue weighted by Gasteiger charge is 2.28. The van der Waals surface area contributed by atoms with Crippen molar-refractivity contribution in [3.05, 3.63) is 95.2 Å². The Morgan fingerprint density at radius 2 is 1.93 bits per heavy atom. The van der Waals surface area contributed by atoms with Crippen LogP contribution in [-0.2, 0) is 32.2 Å². The van der Waals surface area contributed by atoms with Gasteiger partial charge in [-0.05, 0) is 47.4 Å². The van der Waals surface area contributed by atoms with Crippen LogP contribution in [0.25, 0.3) is 28.3 Å². The lowest BCUT2D eigenvalue weighted by atomic mass is 10.1. The first-order valence-corrected chi connectivity index (χ1v) is 16.0. The van der Waals surface area contributed by atoms with Crippen molar-refractivity contribution in [3.8, 4) is 16.9 Å². The summed E-state index contributed by atoms with van der Waals surface area (Å²) in [5, 5.41) is 0.494. The van der Waals surface area contributed by atoms with E-state index in [9.17, 15) is 17.2 Å². The number of ether oxygens (including phenoxy) is 1. The summed E-state index contributed by atoms with van der Waals surface area (Å²) in [6.07, 6.45) is 4.10. The molecule has 0 saturated heterocycles. The Morgan fingerprint density at radius 3 is 2.64 bits per heavy atom. The summed E-state index contributed by atoms with van der Waals surface area (Å²) in [7, 11) is -4.49. The maximum atomic E-state index is 11.6. The zero-order valence-electron chi connectivity index (χ0n) is 22.4. The van der Waals surface area contributed by atoms with Gasteiger partial charge in [-0.1, -0.05) is 54.9 Å². The third-order valence-electron chi connectivity index (χ3n) is 6.62. The van der Waals surface area contributed by atoms with E-state index in [2.05, 4.69) is 0 Å². The largest absolute Gasteiger partial charge is 0.748 e. The van der Waals surface area contributed by atoms with E-state index in [1.807, 2.05) is 55.5 Å². The van der Waals surface area contributed by atoms with Gasteiger partial charge in [-0.3, -0.25) is 8.74 Å². The fourth-order valence-electron chi connectivity index (χ4n) is 4.63. The molecule has 0 amide bonds. The molecule has 1 unspecified atom stereocenters. The summed E-state index contributed by atoms with van der Waals surface area (Å²) in [4.78, 5) is 1.78. The molecule has 13 heteroatoms. The maximum Gasteiger partial charge on any atom is 0.374 e. The highest BCUT2D eigenvalue weighted by Crippen LogP contribution is 2.41. The van der Waals surface area contributed by atoms with Crippen LogP contribution in [0.3, 0.4) is 0 Å². The van der Waals surface area contributed by atoms with Crippen LogP contribution >= 0.6 is 11.6 Å². The highest BCUT2D eigenvalue weighted by molar-refractivity contribution is 7.85. The lowest BCUT2D eigenvalue weighted by Crippen LogP contribution is -2.38. The summed E-state index contributed by atoms with van der Waals surface area (Å²) < 4.78 is 73.5. The molecule has 1 N–H and O–H groups in total. The van der Waals surface area contributed by atoms with E-state index in [1.165, 1.54) is 0 Å². The average Bonchev–Trinajstić information content (AvgIpc) is 3.47. The monoisotopic (exact) mass is 630 g/mol. The van der Waals surface area contributed by atoms with Gasteiger partial charge in [0.15, 0.2) is 12.3 Å². The second-order valence-corrected chi connectivity index (χ2v) is 12.0. The lowest BCUT2D eigenvalue weighted by Gasteiger charge is -2.18. The Bertz CT molecular complexity index is 1800. The molecule has 1 aliphatic rings. The molecule has 1 aromatic heterocycles. The molecule has 3 aromatic carbocycles. The lowest BCUT2D eigenvalue weighted by molar-refractivity contribution is -0.673. The van der Waals surface area contributed by atoms with Crippen molar-refractivity contribution >= 4 is 55.9 Å². The van der Waals surface area contributed by atoms with Crippen LogP contribution in [0, 0.1) is 0 Å². The molecule has 4 aromatic rings. The summed E-state index contributed by atoms with van der Waals surface area (Å²) in [5.41, 5.74) is 4.50. The van der Waals surface area contributed by atoms with Gasteiger partial charge in [0.1, 0.15) is 10.1 Å². The summed E-state index contributed by atoms with van der Waals surface area (Å²) in [5.74, 6) is 0.740. The number of anilines is 1. The first-order chi connectivity index (χ1) is 20.1. The number of oxazole rings is 1. The van der Waals surface area contributed by atoms with E-state index in [1.54, 1.807) is 39.8 Å². The molecular weight excluding hydrogens is 604 g/mol. The van der Waals surface area contributed by atoms with Crippen LogP contribution in [0.2, 0.25) is 5.02 Å². The number of allylic oxidation sites excluding steroid dienone is 2. The molecule has 1 atom stereocenters. The van der Waals surface area contributed by atoms with Gasteiger partial charge >= 0.3 is 17.3 Å². The molecule has 0 aliphatic carbocycles. The number of nitrogens with zero attached hydrogens (tertiary/aromatic N) is 2. The average molecular weight is 631 g/mol. The van der Waals surface area contributed by atoms with E-state index < -0.39 is 27.2 Å². The van der Waals surface area contributed by atoms with Gasteiger partial charge in [-0.2, -0.15) is 8.78 Å². The van der Waals surface area contributed by atoms with Gasteiger partial charge in [-0.25, -0.2) is 8.42 Å². The molecule has 0 radical (unpaired) electrons. The van der Waals surface area contributed by atoms with Crippen molar-refractivity contribution in [3.63, 3.8) is 0 Å². The van der Waals surface area contributed by atoms with Crippen LogP contribution < -0.4 is 14.2 Å². The van der Waals surface area contributed by atoms with Crippen LogP contribution in [0.15, 0.2) is 88.7 Å². The Kier molecular flexibility index (Phi) is 9.11. The van der Waals surface area contributed by atoms with Gasteiger partial charge in [0.25, 0.3) is 5.52 Å². The number of aryl methyl sites for hydroxylation is 1. The third-order valence-corrected chi connectivity index (χ3v) is 7.91. The topological polar surface area (TPSA) is 133 Å². The number of aromatic nitrogens is 1. The van der Waals surface area contributed by atoms with Gasteiger partial charge in [0, 0.05) is 17.2 Å². The smallest absolute Gasteiger partial charge is 0.374 e. The van der Waals surface area contributed by atoms with Gasteiger partial charge in [0.2, 0.25) is 11.5 Å². The zero-order valence-corrected chi connectivity index (χ0v) is 24.8. The summed E-state index contributed by atoms with van der Waals surface area (Å²) in [6.45, 7) is 1.99. The molecule has 42 heavy (non-hydrogen) atoms. The Labute approximate surface area is 250 Å². The second kappa shape index (κ2) is 12.8. The first-order valence-electron chi connectivity index (χ1n) is 13.0. The highest BCUT2D eigenvalue weighted by atomic mass is 35.5. The van der Waals surface area contributed by atoms with Gasteiger partial charge in [-0.15, -0.1) is 0 Å². The Morgan fingerprint density at radius 1 is 1.14 bits per heavy atom. The summed E-state index contributed by atoms with van der Waals surface area (Å²) >= 11 is 3.80. The summed E-state index contributed by atoms with van der Waals surface area (Å²) in [6, 6.07) is 20.5. The van der Waals surface area contributed by atoms with E-state index in [4.69, 9.17) is 29.5 Å². The quantitative estimate of drug-likeness (QED) is 0.134. The molecule has 10 nitrogen and oxygen atoms in total. The van der Waals surface area contributed by atoms with Crippen LogP contribution in [0.5, 0.6) is 5.75 Å². The number of hydrogen-bond acceptors (Lipinski definition) is 8. The van der Waals surface area contributed by atoms with E-state index in [0.717, 1.165) is 16.7 Å².